The van der Waals surface area contributed by atoms with Gasteiger partial charge in [-0.1, -0.05) is 41.4 Å². The molecule has 0 saturated heterocycles. The normalized spacial score (nSPS) is 10.6. The highest BCUT2D eigenvalue weighted by molar-refractivity contribution is 6.31. The number of halogens is 2. The first-order valence-corrected chi connectivity index (χ1v) is 10.9. The molecule has 1 heterocycles. The topological polar surface area (TPSA) is 65.4 Å². The molecule has 1 aromatic heterocycles. The summed E-state index contributed by atoms with van der Waals surface area (Å²) in [6, 6.07) is 19.9. The standard InChI is InChI=1S/C25H21Cl2N3O3/c1-17-10-21(27)8-9-24(17)32-15-18-4-2-5-19(11-18)25(31)29-22-13-28-30(14-22)16-33-23-7-3-6-20(26)12-23/h2-14H,15-16H2,1H3,(H,29,31). The zero-order chi connectivity index (χ0) is 23.2. The monoisotopic (exact) mass is 481 g/mol. The molecule has 0 aliphatic carbocycles. The third-order valence-electron chi connectivity index (χ3n) is 4.77. The molecule has 168 valence electrons. The van der Waals surface area contributed by atoms with Crippen LogP contribution in [-0.2, 0) is 13.3 Å². The first-order chi connectivity index (χ1) is 16.0. The van der Waals surface area contributed by atoms with Gasteiger partial charge in [-0.2, -0.15) is 5.10 Å². The molecule has 1 N–H and O–H groups in total. The molecule has 4 aromatic rings. The second kappa shape index (κ2) is 10.4. The number of nitrogens with one attached hydrogen (secondary N) is 1. The van der Waals surface area contributed by atoms with Gasteiger partial charge in [0.15, 0.2) is 6.73 Å². The number of carbonyl (C=O) groups is 1. The van der Waals surface area contributed by atoms with Gasteiger partial charge in [0.2, 0.25) is 0 Å². The van der Waals surface area contributed by atoms with E-state index in [2.05, 4.69) is 10.4 Å². The van der Waals surface area contributed by atoms with Crippen LogP contribution < -0.4 is 14.8 Å². The predicted molar refractivity (Wildman–Crippen MR) is 129 cm³/mol. The van der Waals surface area contributed by atoms with Crippen LogP contribution in [0.5, 0.6) is 11.5 Å². The van der Waals surface area contributed by atoms with Crippen LogP contribution in [0.2, 0.25) is 10.0 Å². The second-order valence-corrected chi connectivity index (χ2v) is 8.23. The minimum atomic E-state index is -0.241. The quantitative estimate of drug-likeness (QED) is 0.317. The van der Waals surface area contributed by atoms with Gasteiger partial charge >= 0.3 is 0 Å². The molecule has 33 heavy (non-hydrogen) atoms. The Balaban J connectivity index is 1.34. The largest absolute Gasteiger partial charge is 0.489 e. The Bertz CT molecular complexity index is 1270. The molecule has 0 bridgehead atoms. The third kappa shape index (κ3) is 6.28. The van der Waals surface area contributed by atoms with Crippen molar-refractivity contribution in [3.05, 3.63) is 106 Å². The van der Waals surface area contributed by atoms with Crippen molar-refractivity contribution in [1.82, 2.24) is 9.78 Å². The fraction of sp³-hybridized carbons (Fsp3) is 0.120. The van der Waals surface area contributed by atoms with Crippen molar-refractivity contribution < 1.29 is 14.3 Å². The number of ether oxygens (including phenoxy) is 2. The fourth-order valence-electron chi connectivity index (χ4n) is 3.14. The molecule has 0 spiro atoms. The summed E-state index contributed by atoms with van der Waals surface area (Å²) in [4.78, 5) is 12.7. The van der Waals surface area contributed by atoms with Crippen LogP contribution in [0.3, 0.4) is 0 Å². The van der Waals surface area contributed by atoms with Crippen molar-refractivity contribution in [1.29, 1.82) is 0 Å². The molecule has 0 aliphatic rings. The van der Waals surface area contributed by atoms with Gasteiger partial charge < -0.3 is 14.8 Å². The predicted octanol–water partition coefficient (Wildman–Crippen LogP) is 6.37. The number of aromatic nitrogens is 2. The van der Waals surface area contributed by atoms with E-state index in [1.165, 1.54) is 0 Å². The minimum Gasteiger partial charge on any atom is -0.489 e. The number of amides is 1. The highest BCUT2D eigenvalue weighted by atomic mass is 35.5. The highest BCUT2D eigenvalue weighted by Gasteiger charge is 2.10. The van der Waals surface area contributed by atoms with Crippen molar-refractivity contribution >= 4 is 34.8 Å². The average molecular weight is 482 g/mol. The molecule has 0 atom stereocenters. The minimum absolute atomic E-state index is 0.188. The summed E-state index contributed by atoms with van der Waals surface area (Å²) in [5.74, 6) is 1.15. The lowest BCUT2D eigenvalue weighted by molar-refractivity contribution is 0.102. The van der Waals surface area contributed by atoms with Crippen LogP contribution in [0.4, 0.5) is 5.69 Å². The van der Waals surface area contributed by atoms with E-state index in [-0.39, 0.29) is 12.6 Å². The van der Waals surface area contributed by atoms with Crippen molar-refractivity contribution in [3.8, 4) is 11.5 Å². The summed E-state index contributed by atoms with van der Waals surface area (Å²) in [5, 5.41) is 8.32. The number of nitrogens with zero attached hydrogens (tertiary/aromatic N) is 2. The number of aryl methyl sites for hydroxylation is 1. The lowest BCUT2D eigenvalue weighted by atomic mass is 10.1. The van der Waals surface area contributed by atoms with E-state index in [1.54, 1.807) is 47.4 Å². The number of hydrogen-bond donors (Lipinski definition) is 1. The Morgan fingerprint density at radius 2 is 1.82 bits per heavy atom. The molecular formula is C25H21Cl2N3O3. The van der Waals surface area contributed by atoms with Crippen molar-refractivity contribution in [2.75, 3.05) is 5.32 Å². The zero-order valence-corrected chi connectivity index (χ0v) is 19.3. The Morgan fingerprint density at radius 3 is 2.64 bits per heavy atom. The van der Waals surface area contributed by atoms with E-state index in [0.717, 1.165) is 16.9 Å². The first kappa shape index (κ1) is 22.7. The molecule has 6 nitrogen and oxygen atoms in total. The van der Waals surface area contributed by atoms with Gasteiger partial charge in [-0.05, 0) is 66.6 Å². The van der Waals surface area contributed by atoms with Gasteiger partial charge in [0.25, 0.3) is 5.91 Å². The van der Waals surface area contributed by atoms with Gasteiger partial charge in [-0.15, -0.1) is 0 Å². The van der Waals surface area contributed by atoms with Crippen LogP contribution in [0.25, 0.3) is 0 Å². The Labute approximate surface area is 201 Å². The highest BCUT2D eigenvalue weighted by Crippen LogP contribution is 2.23. The van der Waals surface area contributed by atoms with Crippen molar-refractivity contribution in [2.24, 2.45) is 0 Å². The molecule has 3 aromatic carbocycles. The van der Waals surface area contributed by atoms with Gasteiger partial charge in [0, 0.05) is 15.6 Å². The Morgan fingerprint density at radius 1 is 1.00 bits per heavy atom. The maximum Gasteiger partial charge on any atom is 0.255 e. The van der Waals surface area contributed by atoms with E-state index in [1.807, 2.05) is 43.3 Å². The van der Waals surface area contributed by atoms with Gasteiger partial charge in [0.05, 0.1) is 18.1 Å². The molecule has 4 rings (SSSR count). The van der Waals surface area contributed by atoms with Crippen LogP contribution >= 0.6 is 23.2 Å². The lowest BCUT2D eigenvalue weighted by Crippen LogP contribution is -2.12. The lowest BCUT2D eigenvalue weighted by Gasteiger charge is -2.10. The van der Waals surface area contributed by atoms with E-state index >= 15 is 0 Å². The molecule has 0 unspecified atom stereocenters. The number of carbonyl (C=O) groups excluding carboxylic acids is 1. The number of hydrogen-bond acceptors (Lipinski definition) is 4. The van der Waals surface area contributed by atoms with Crippen molar-refractivity contribution in [3.63, 3.8) is 0 Å². The maximum absolute atomic E-state index is 12.7. The molecule has 0 fully saturated rings. The summed E-state index contributed by atoms with van der Waals surface area (Å²) in [5.41, 5.74) is 2.91. The van der Waals surface area contributed by atoms with Crippen LogP contribution in [-0.4, -0.2) is 15.7 Å². The molecule has 0 aliphatic heterocycles. The number of rotatable bonds is 8. The number of anilines is 1. The molecule has 0 radical (unpaired) electrons. The molecule has 0 saturated carbocycles. The Hall–Kier alpha value is -3.48. The summed E-state index contributed by atoms with van der Waals surface area (Å²) in [6.45, 7) is 2.46. The van der Waals surface area contributed by atoms with E-state index in [0.29, 0.717) is 33.7 Å². The average Bonchev–Trinajstić information content (AvgIpc) is 3.24. The first-order valence-electron chi connectivity index (χ1n) is 10.2. The summed E-state index contributed by atoms with van der Waals surface area (Å²) < 4.78 is 13.1. The van der Waals surface area contributed by atoms with E-state index in [9.17, 15) is 4.79 Å². The fourth-order valence-corrected chi connectivity index (χ4v) is 3.54. The molecular weight excluding hydrogens is 461 g/mol. The molecule has 1 amide bonds. The smallest absolute Gasteiger partial charge is 0.255 e. The van der Waals surface area contributed by atoms with Crippen LogP contribution in [0.1, 0.15) is 21.5 Å². The third-order valence-corrected chi connectivity index (χ3v) is 5.24. The summed E-state index contributed by atoms with van der Waals surface area (Å²) in [7, 11) is 0. The van der Waals surface area contributed by atoms with E-state index < -0.39 is 0 Å². The van der Waals surface area contributed by atoms with Crippen LogP contribution in [0, 0.1) is 6.92 Å². The Kier molecular flexibility index (Phi) is 7.17. The SMILES string of the molecule is Cc1cc(Cl)ccc1OCc1cccc(C(=O)Nc2cnn(COc3cccc(Cl)c3)c2)c1. The van der Waals surface area contributed by atoms with Gasteiger partial charge in [-0.25, -0.2) is 4.68 Å². The molecule has 8 heteroatoms. The maximum atomic E-state index is 12.7. The van der Waals surface area contributed by atoms with Crippen LogP contribution in [0.15, 0.2) is 79.1 Å². The number of benzene rings is 3. The summed E-state index contributed by atoms with van der Waals surface area (Å²) in [6.07, 6.45) is 3.26. The van der Waals surface area contributed by atoms with Gasteiger partial charge in [0.1, 0.15) is 18.1 Å². The van der Waals surface area contributed by atoms with E-state index in [4.69, 9.17) is 32.7 Å². The zero-order valence-electron chi connectivity index (χ0n) is 17.8. The van der Waals surface area contributed by atoms with Crippen molar-refractivity contribution in [2.45, 2.75) is 20.3 Å². The van der Waals surface area contributed by atoms with Gasteiger partial charge in [-0.3, -0.25) is 4.79 Å². The summed E-state index contributed by atoms with van der Waals surface area (Å²) >= 11 is 11.9. The second-order valence-electron chi connectivity index (χ2n) is 7.35.